The summed E-state index contributed by atoms with van der Waals surface area (Å²) in [4.78, 5) is 19.1. The maximum absolute atomic E-state index is 12.1. The number of likely N-dealkylation sites (tertiary alicyclic amines) is 1. The Hall–Kier alpha value is -2.46. The molecule has 31 heavy (non-hydrogen) atoms. The van der Waals surface area contributed by atoms with E-state index in [2.05, 4.69) is 27.4 Å². The highest BCUT2D eigenvalue weighted by atomic mass is 16.5. The summed E-state index contributed by atoms with van der Waals surface area (Å²) >= 11 is 0. The smallest absolute Gasteiger partial charge is 0.325 e. The minimum Gasteiger partial charge on any atom is -0.468 e. The van der Waals surface area contributed by atoms with Crippen LogP contribution in [0.1, 0.15) is 57.8 Å². The van der Waals surface area contributed by atoms with Gasteiger partial charge in [0, 0.05) is 25.2 Å². The van der Waals surface area contributed by atoms with Crippen molar-refractivity contribution in [2.45, 2.75) is 76.2 Å². The number of hydrogen-bond donors (Lipinski definition) is 1. The van der Waals surface area contributed by atoms with Crippen LogP contribution in [0.5, 0.6) is 0 Å². The topological polar surface area (TPSA) is 71.8 Å². The first-order valence-corrected chi connectivity index (χ1v) is 11.8. The van der Waals surface area contributed by atoms with Crippen molar-refractivity contribution in [3.05, 3.63) is 24.3 Å². The molecule has 2 fully saturated rings. The van der Waals surface area contributed by atoms with Gasteiger partial charge in [0.15, 0.2) is 12.5 Å². The van der Waals surface area contributed by atoms with Crippen LogP contribution in [0.25, 0.3) is 0 Å². The van der Waals surface area contributed by atoms with Gasteiger partial charge in [-0.25, -0.2) is 0 Å². The number of methoxy groups -OCH3 is 1. The Morgan fingerprint density at radius 1 is 1.03 bits per heavy atom. The number of nitrogens with one attached hydrogen (secondary N) is 1. The molecule has 1 atom stereocenters. The minimum atomic E-state index is -0.362. The number of esters is 1. The second-order valence-electron chi connectivity index (χ2n) is 9.00. The predicted octanol–water partition coefficient (Wildman–Crippen LogP) is 3.42. The van der Waals surface area contributed by atoms with E-state index in [4.69, 9.17) is 4.74 Å². The van der Waals surface area contributed by atoms with E-state index >= 15 is 0 Å². The van der Waals surface area contributed by atoms with Crippen LogP contribution in [-0.4, -0.2) is 56.0 Å². The Morgan fingerprint density at radius 3 is 2.32 bits per heavy atom. The van der Waals surface area contributed by atoms with Gasteiger partial charge in [-0.1, -0.05) is 44.2 Å². The minimum absolute atomic E-state index is 0.115. The maximum Gasteiger partial charge on any atom is 0.325 e. The molecule has 4 rings (SSSR count). The number of nitriles is 1. The third-order valence-electron chi connectivity index (χ3n) is 7.23. The zero-order chi connectivity index (χ0) is 21.6. The van der Waals surface area contributed by atoms with Crippen molar-refractivity contribution in [2.24, 2.45) is 0 Å². The zero-order valence-corrected chi connectivity index (χ0v) is 18.6. The summed E-state index contributed by atoms with van der Waals surface area (Å²) in [5, 5.41) is 12.4. The summed E-state index contributed by atoms with van der Waals surface area (Å²) < 4.78 is 4.92. The molecule has 0 aromatic heterocycles. The first kappa shape index (κ1) is 21.8. The van der Waals surface area contributed by atoms with Crippen molar-refractivity contribution in [2.75, 3.05) is 36.5 Å². The number of ether oxygens (including phenoxy) is 1. The molecule has 1 saturated heterocycles. The summed E-state index contributed by atoms with van der Waals surface area (Å²) in [6.45, 7) is 2.32. The van der Waals surface area contributed by atoms with Gasteiger partial charge >= 0.3 is 5.97 Å². The third-order valence-corrected chi connectivity index (χ3v) is 7.23. The first-order valence-electron chi connectivity index (χ1n) is 11.8. The SMILES string of the molecule is COC(=O)CN1c2ccccc2N(C2CCN(C3CCCCCCC3)CC2)C1NC#N. The van der Waals surface area contributed by atoms with Crippen molar-refractivity contribution in [3.63, 3.8) is 0 Å². The molecule has 1 unspecified atom stereocenters. The maximum atomic E-state index is 12.1. The summed E-state index contributed by atoms with van der Waals surface area (Å²) in [6.07, 6.45) is 13.5. The Morgan fingerprint density at radius 2 is 1.68 bits per heavy atom. The normalized spacial score (nSPS) is 23.5. The molecular formula is C24H35N5O2. The molecule has 7 nitrogen and oxygen atoms in total. The molecular weight excluding hydrogens is 390 g/mol. The van der Waals surface area contributed by atoms with Crippen LogP contribution in [-0.2, 0) is 9.53 Å². The van der Waals surface area contributed by atoms with Crippen molar-refractivity contribution < 1.29 is 9.53 Å². The fourth-order valence-electron chi connectivity index (χ4n) is 5.64. The summed E-state index contributed by atoms with van der Waals surface area (Å²) in [7, 11) is 1.40. The van der Waals surface area contributed by atoms with E-state index in [1.807, 2.05) is 23.1 Å². The van der Waals surface area contributed by atoms with Gasteiger partial charge in [-0.15, -0.1) is 0 Å². The van der Waals surface area contributed by atoms with E-state index in [1.165, 1.54) is 52.1 Å². The molecule has 1 aromatic carbocycles. The number of rotatable bonds is 5. The van der Waals surface area contributed by atoms with Gasteiger partial charge in [0.2, 0.25) is 0 Å². The number of carbonyl (C=O) groups excluding carboxylic acids is 1. The number of para-hydroxylation sites is 2. The van der Waals surface area contributed by atoms with Crippen LogP contribution < -0.4 is 15.1 Å². The monoisotopic (exact) mass is 425 g/mol. The molecule has 0 spiro atoms. The second-order valence-corrected chi connectivity index (χ2v) is 9.00. The van der Waals surface area contributed by atoms with Crippen LogP contribution in [0, 0.1) is 11.5 Å². The van der Waals surface area contributed by atoms with Gasteiger partial charge in [-0.3, -0.25) is 10.1 Å². The van der Waals surface area contributed by atoms with Gasteiger partial charge in [-0.2, -0.15) is 5.26 Å². The van der Waals surface area contributed by atoms with E-state index in [1.54, 1.807) is 0 Å². The van der Waals surface area contributed by atoms with Crippen molar-refractivity contribution >= 4 is 17.3 Å². The Labute approximate surface area is 185 Å². The van der Waals surface area contributed by atoms with E-state index in [0.29, 0.717) is 6.04 Å². The highest BCUT2D eigenvalue weighted by Crippen LogP contribution is 2.41. The molecule has 3 aliphatic rings. The van der Waals surface area contributed by atoms with Crippen molar-refractivity contribution in [1.29, 1.82) is 5.26 Å². The average Bonchev–Trinajstić information content (AvgIpc) is 3.07. The summed E-state index contributed by atoms with van der Waals surface area (Å²) in [5.41, 5.74) is 2.06. The molecule has 1 N–H and O–H groups in total. The molecule has 0 amide bonds. The van der Waals surface area contributed by atoms with Gasteiger partial charge in [0.25, 0.3) is 0 Å². The number of carbonyl (C=O) groups is 1. The number of nitrogens with zero attached hydrogens (tertiary/aromatic N) is 4. The van der Waals surface area contributed by atoms with Crippen LogP contribution in [0.4, 0.5) is 11.4 Å². The third kappa shape index (κ3) is 4.74. The molecule has 168 valence electrons. The second kappa shape index (κ2) is 10.2. The van der Waals surface area contributed by atoms with E-state index in [9.17, 15) is 10.1 Å². The molecule has 0 radical (unpaired) electrons. The summed E-state index contributed by atoms with van der Waals surface area (Å²) in [5.74, 6) is -0.305. The predicted molar refractivity (Wildman–Crippen MR) is 122 cm³/mol. The van der Waals surface area contributed by atoms with Crippen molar-refractivity contribution in [3.8, 4) is 6.19 Å². The van der Waals surface area contributed by atoms with Gasteiger partial charge in [0.05, 0.1) is 18.5 Å². The number of anilines is 2. The lowest BCUT2D eigenvalue weighted by Gasteiger charge is -2.43. The largest absolute Gasteiger partial charge is 0.468 e. The lowest BCUT2D eigenvalue weighted by atomic mass is 9.93. The molecule has 7 heteroatoms. The fourth-order valence-corrected chi connectivity index (χ4v) is 5.64. The molecule has 1 aliphatic carbocycles. The molecule has 1 saturated carbocycles. The fraction of sp³-hybridized carbons (Fsp3) is 0.667. The molecule has 2 heterocycles. The van der Waals surface area contributed by atoms with Crippen LogP contribution in [0.15, 0.2) is 24.3 Å². The lowest BCUT2D eigenvalue weighted by molar-refractivity contribution is -0.139. The number of benzene rings is 1. The Kier molecular flexibility index (Phi) is 7.18. The summed E-state index contributed by atoms with van der Waals surface area (Å²) in [6, 6.07) is 9.19. The Bertz CT molecular complexity index is 778. The quantitative estimate of drug-likeness (QED) is 0.440. The van der Waals surface area contributed by atoms with Gasteiger partial charge < -0.3 is 19.4 Å². The number of hydrogen-bond acceptors (Lipinski definition) is 7. The average molecular weight is 426 g/mol. The van der Waals surface area contributed by atoms with Crippen LogP contribution >= 0.6 is 0 Å². The van der Waals surface area contributed by atoms with E-state index in [-0.39, 0.29) is 18.8 Å². The van der Waals surface area contributed by atoms with Crippen LogP contribution in [0.3, 0.4) is 0 Å². The highest BCUT2D eigenvalue weighted by Gasteiger charge is 2.41. The lowest BCUT2D eigenvalue weighted by Crippen LogP contribution is -2.58. The van der Waals surface area contributed by atoms with Crippen molar-refractivity contribution in [1.82, 2.24) is 10.2 Å². The first-order chi connectivity index (χ1) is 15.2. The molecule has 0 bridgehead atoms. The van der Waals surface area contributed by atoms with E-state index in [0.717, 1.165) is 43.3 Å². The Balaban J connectivity index is 1.49. The van der Waals surface area contributed by atoms with Crippen LogP contribution in [0.2, 0.25) is 0 Å². The van der Waals surface area contributed by atoms with E-state index < -0.39 is 0 Å². The van der Waals surface area contributed by atoms with Gasteiger partial charge in [-0.05, 0) is 37.8 Å². The molecule has 2 aliphatic heterocycles. The highest BCUT2D eigenvalue weighted by molar-refractivity contribution is 5.84. The molecule has 1 aromatic rings. The zero-order valence-electron chi connectivity index (χ0n) is 18.6. The number of piperidine rings is 1. The number of fused-ring (bicyclic) bond motifs is 1. The van der Waals surface area contributed by atoms with Gasteiger partial charge in [0.1, 0.15) is 6.54 Å². The standard InChI is InChI=1S/C24H35N5O2/c1-31-23(30)17-28-21-11-7-8-12-22(21)29(24(28)26-18-25)20-13-15-27(16-14-20)19-9-5-3-2-4-6-10-19/h7-8,11-12,19-20,24,26H,2-6,9-10,13-17H2,1H3.